The highest BCUT2D eigenvalue weighted by Gasteiger charge is 2.34. The van der Waals surface area contributed by atoms with Gasteiger partial charge in [0, 0.05) is 18.9 Å². The van der Waals surface area contributed by atoms with Gasteiger partial charge in [0.1, 0.15) is 12.1 Å². The van der Waals surface area contributed by atoms with Crippen LogP contribution in [0.1, 0.15) is 56.0 Å². The van der Waals surface area contributed by atoms with E-state index >= 15 is 0 Å². The normalized spacial score (nSPS) is 14.5. The number of carbonyl (C=O) groups is 3. The summed E-state index contributed by atoms with van der Waals surface area (Å²) in [6.45, 7) is 6.08. The second-order valence-electron chi connectivity index (χ2n) is 10.5. The van der Waals surface area contributed by atoms with Crippen molar-refractivity contribution < 1.29 is 33.0 Å². The van der Waals surface area contributed by atoms with E-state index in [4.69, 9.17) is 0 Å². The van der Waals surface area contributed by atoms with Crippen LogP contribution in [0.15, 0.2) is 54.9 Å². The van der Waals surface area contributed by atoms with Crippen LogP contribution < -0.4 is 16.0 Å². The van der Waals surface area contributed by atoms with E-state index in [1.165, 1.54) is 24.5 Å². The highest BCUT2D eigenvalue weighted by atomic mass is 32.2. The van der Waals surface area contributed by atoms with Gasteiger partial charge < -0.3 is 26.2 Å². The van der Waals surface area contributed by atoms with Crippen molar-refractivity contribution in [1.29, 1.82) is 0 Å². The van der Waals surface area contributed by atoms with Crippen LogP contribution in [-0.4, -0.2) is 83.7 Å². The van der Waals surface area contributed by atoms with Crippen LogP contribution >= 0.6 is 0 Å². The molecule has 2 rings (SSSR count). The molecule has 5 N–H and O–H groups in total. The molecule has 0 aliphatic rings. The molecule has 11 nitrogen and oxygen atoms in total. The third-order valence-corrected chi connectivity index (χ3v) is 8.06. The minimum atomic E-state index is -3.73. The van der Waals surface area contributed by atoms with Crippen LogP contribution in [0.3, 0.4) is 0 Å². The van der Waals surface area contributed by atoms with E-state index in [2.05, 4.69) is 20.9 Å². The van der Waals surface area contributed by atoms with Crippen molar-refractivity contribution in [1.82, 2.24) is 20.9 Å². The van der Waals surface area contributed by atoms with Gasteiger partial charge in [0.05, 0.1) is 35.6 Å². The fourth-order valence-electron chi connectivity index (χ4n) is 4.00. The first-order valence-corrected chi connectivity index (χ1v) is 15.6. The van der Waals surface area contributed by atoms with Gasteiger partial charge in [0.2, 0.25) is 11.8 Å². The zero-order chi connectivity index (χ0) is 30.4. The van der Waals surface area contributed by atoms with Crippen LogP contribution in [-0.2, 0) is 25.8 Å². The maximum absolute atomic E-state index is 13.5. The summed E-state index contributed by atoms with van der Waals surface area (Å²) in [7, 11) is -3.73. The number of nitrogens with one attached hydrogen (secondary N) is 3. The predicted molar refractivity (Wildman–Crippen MR) is 156 cm³/mol. The van der Waals surface area contributed by atoms with Crippen molar-refractivity contribution in [2.45, 2.75) is 70.7 Å². The lowest BCUT2D eigenvalue weighted by Crippen LogP contribution is -2.57. The Morgan fingerprint density at radius 3 is 2.32 bits per heavy atom. The van der Waals surface area contributed by atoms with Gasteiger partial charge in [-0.05, 0) is 36.5 Å². The third-order valence-electron chi connectivity index (χ3n) is 6.31. The molecule has 0 bridgehead atoms. The number of sulfone groups is 1. The van der Waals surface area contributed by atoms with Gasteiger partial charge >= 0.3 is 0 Å². The number of benzene rings is 1. The van der Waals surface area contributed by atoms with E-state index in [9.17, 15) is 33.0 Å². The van der Waals surface area contributed by atoms with Crippen LogP contribution in [0, 0.1) is 5.92 Å². The average molecular weight is 591 g/mol. The summed E-state index contributed by atoms with van der Waals surface area (Å²) < 4.78 is 25.6. The summed E-state index contributed by atoms with van der Waals surface area (Å²) in [5.74, 6) is -2.61. The predicted octanol–water partition coefficient (Wildman–Crippen LogP) is 1.01. The highest BCUT2D eigenvalue weighted by Crippen LogP contribution is 2.13. The van der Waals surface area contributed by atoms with E-state index in [0.29, 0.717) is 19.4 Å². The molecule has 0 spiro atoms. The summed E-state index contributed by atoms with van der Waals surface area (Å²) >= 11 is 0. The zero-order valence-electron chi connectivity index (χ0n) is 23.8. The number of unbranched alkanes of at least 4 members (excludes halogenated alkanes) is 1. The molecule has 2 aromatic rings. The van der Waals surface area contributed by atoms with Gasteiger partial charge in [-0.3, -0.25) is 19.4 Å². The first-order chi connectivity index (χ1) is 19.4. The number of aliphatic hydroxyl groups is 2. The molecule has 0 radical (unpaired) electrons. The maximum atomic E-state index is 13.5. The van der Waals surface area contributed by atoms with Gasteiger partial charge in [0.25, 0.3) is 5.91 Å². The molecule has 0 fully saturated rings. The Kier molecular flexibility index (Phi) is 13.9. The van der Waals surface area contributed by atoms with Crippen LogP contribution in [0.2, 0.25) is 0 Å². The summed E-state index contributed by atoms with van der Waals surface area (Å²) in [5.41, 5.74) is 0.861. The second kappa shape index (κ2) is 16.8. The Morgan fingerprint density at radius 1 is 1.00 bits per heavy atom. The van der Waals surface area contributed by atoms with E-state index in [1.807, 2.05) is 20.8 Å². The van der Waals surface area contributed by atoms with Crippen molar-refractivity contribution in [2.24, 2.45) is 5.92 Å². The Balaban J connectivity index is 2.29. The molecule has 41 heavy (non-hydrogen) atoms. The Morgan fingerprint density at radius 2 is 1.71 bits per heavy atom. The highest BCUT2D eigenvalue weighted by molar-refractivity contribution is 7.91. The quantitative estimate of drug-likeness (QED) is 0.181. The summed E-state index contributed by atoms with van der Waals surface area (Å²) in [5, 5.41) is 29.5. The lowest BCUT2D eigenvalue weighted by atomic mass is 9.95. The molecule has 1 aromatic heterocycles. The molecule has 3 amide bonds. The number of hydrogen-bond acceptors (Lipinski definition) is 8. The largest absolute Gasteiger partial charge is 0.390 e. The van der Waals surface area contributed by atoms with E-state index in [0.717, 1.165) is 5.56 Å². The average Bonchev–Trinajstić information content (AvgIpc) is 2.94. The second-order valence-corrected chi connectivity index (χ2v) is 12.7. The van der Waals surface area contributed by atoms with E-state index in [-0.39, 0.29) is 23.7 Å². The maximum Gasteiger partial charge on any atom is 0.253 e. The van der Waals surface area contributed by atoms with Crippen molar-refractivity contribution in [3.8, 4) is 0 Å². The Hall–Kier alpha value is -3.35. The summed E-state index contributed by atoms with van der Waals surface area (Å²) in [6, 6.07) is 9.30. The number of amides is 3. The van der Waals surface area contributed by atoms with Crippen molar-refractivity contribution in [3.63, 3.8) is 0 Å². The third kappa shape index (κ3) is 12.4. The Bertz CT molecular complexity index is 1210. The monoisotopic (exact) mass is 590 g/mol. The van der Waals surface area contributed by atoms with E-state index in [1.54, 1.807) is 30.3 Å². The molecule has 4 atom stereocenters. The van der Waals surface area contributed by atoms with Gasteiger partial charge in [0.15, 0.2) is 9.84 Å². The molecule has 1 unspecified atom stereocenters. The fourth-order valence-corrected chi connectivity index (χ4v) is 5.64. The van der Waals surface area contributed by atoms with Crippen molar-refractivity contribution in [3.05, 3.63) is 66.0 Å². The molecule has 226 valence electrons. The minimum Gasteiger partial charge on any atom is -0.390 e. The molecule has 0 aliphatic heterocycles. The molecule has 12 heteroatoms. The lowest BCUT2D eigenvalue weighted by Gasteiger charge is -2.29. The first kappa shape index (κ1) is 33.9. The summed E-state index contributed by atoms with van der Waals surface area (Å²) in [6.07, 6.45) is 0.368. The van der Waals surface area contributed by atoms with Crippen molar-refractivity contribution >= 4 is 27.6 Å². The SMILES string of the molecule is CCCCS(=O)(=O)CC(NC(=O)c1cccnc1)C(=O)N[C@@H](Cc1ccccc1)[C@@H](O)[C@H](O)CC(=O)NCC(C)C. The zero-order valence-corrected chi connectivity index (χ0v) is 24.6. The Labute approximate surface area is 242 Å². The number of carbonyl (C=O) groups excluding carboxylic acids is 3. The molecule has 0 aliphatic carbocycles. The number of rotatable bonds is 17. The molecule has 0 saturated heterocycles. The van der Waals surface area contributed by atoms with Gasteiger partial charge in [-0.2, -0.15) is 0 Å². The molecule has 0 saturated carbocycles. The fraction of sp³-hybridized carbons (Fsp3) is 0.517. The minimum absolute atomic E-state index is 0.0737. The molecular weight excluding hydrogens is 548 g/mol. The van der Waals surface area contributed by atoms with Gasteiger partial charge in [-0.15, -0.1) is 0 Å². The standard InChI is InChI=1S/C29H42N4O7S/c1-4-5-14-41(39,40)19-24(33-28(37)22-12-9-13-30-18-22)29(38)32-23(15-21-10-7-6-8-11-21)27(36)25(34)16-26(35)31-17-20(2)3/h6-13,18,20,23-25,27,34,36H,4-5,14-17,19H2,1-3H3,(H,31,35)(H,32,38)(H,33,37)/t23-,24?,25+,27+/m0/s1. The first-order valence-electron chi connectivity index (χ1n) is 13.8. The number of aliphatic hydroxyl groups excluding tert-OH is 2. The molecule has 1 aromatic carbocycles. The number of nitrogens with zero attached hydrogens (tertiary/aromatic N) is 1. The number of pyridine rings is 1. The van der Waals surface area contributed by atoms with Gasteiger partial charge in [-0.25, -0.2) is 8.42 Å². The number of hydrogen-bond donors (Lipinski definition) is 5. The number of aromatic nitrogens is 1. The van der Waals surface area contributed by atoms with Crippen LogP contribution in [0.5, 0.6) is 0 Å². The van der Waals surface area contributed by atoms with Gasteiger partial charge in [-0.1, -0.05) is 57.5 Å². The van der Waals surface area contributed by atoms with Crippen LogP contribution in [0.4, 0.5) is 0 Å². The topological polar surface area (TPSA) is 175 Å². The van der Waals surface area contributed by atoms with E-state index < -0.39 is 64.0 Å². The molecular formula is C29H42N4O7S. The van der Waals surface area contributed by atoms with Crippen LogP contribution in [0.25, 0.3) is 0 Å². The van der Waals surface area contributed by atoms with Crippen molar-refractivity contribution in [2.75, 3.05) is 18.1 Å². The smallest absolute Gasteiger partial charge is 0.253 e. The molecule has 1 heterocycles. The lowest BCUT2D eigenvalue weighted by molar-refractivity contribution is -0.127. The summed E-state index contributed by atoms with van der Waals surface area (Å²) in [4.78, 5) is 42.5.